The van der Waals surface area contributed by atoms with Gasteiger partial charge in [0.2, 0.25) is 0 Å². The van der Waals surface area contributed by atoms with Gasteiger partial charge >= 0.3 is 0 Å². The normalized spacial score (nSPS) is 7.44. The van der Waals surface area contributed by atoms with Crippen LogP contribution in [0.5, 0.6) is 0 Å². The molecule has 0 saturated carbocycles. The number of hydrogen-bond acceptors (Lipinski definition) is 3. The van der Waals surface area contributed by atoms with Gasteiger partial charge in [0.25, 0.3) is 0 Å². The molecule has 3 heteroatoms. The van der Waals surface area contributed by atoms with Crippen molar-refractivity contribution in [2.75, 3.05) is 0 Å². The van der Waals surface area contributed by atoms with Crippen molar-refractivity contribution in [1.82, 2.24) is 4.98 Å². The molecule has 1 aromatic rings. The molecule has 0 aliphatic rings. The third kappa shape index (κ3) is 3.64. The number of pyridine rings is 1. The van der Waals surface area contributed by atoms with Crippen LogP contribution in [-0.2, 0) is 0 Å². The molecule has 3 nitrogen and oxygen atoms in total. The molecule has 0 bridgehead atoms. The summed E-state index contributed by atoms with van der Waals surface area (Å²) < 4.78 is 0. The van der Waals surface area contributed by atoms with Gasteiger partial charge in [-0.3, -0.25) is 15.5 Å². The molecule has 0 aliphatic carbocycles. The first-order valence-electron chi connectivity index (χ1n) is 2.47. The lowest BCUT2D eigenvalue weighted by Gasteiger charge is -1.82. The summed E-state index contributed by atoms with van der Waals surface area (Å²) in [6, 6.07) is 5.86. The molecule has 1 heterocycles. The molecule has 2 N–H and O–H groups in total. The quantitative estimate of drug-likeness (QED) is 0.409. The Morgan fingerprint density at radius 3 is 2.22 bits per heavy atom. The van der Waals surface area contributed by atoms with Gasteiger partial charge in [-0.1, -0.05) is 6.07 Å². The molecular formula is C6H9NO2. The lowest BCUT2D eigenvalue weighted by molar-refractivity contribution is -0.176. The van der Waals surface area contributed by atoms with Crippen LogP contribution in [0.4, 0.5) is 0 Å². The summed E-state index contributed by atoms with van der Waals surface area (Å²) in [6.45, 7) is 1.97. The zero-order valence-electron chi connectivity index (χ0n) is 5.15. The van der Waals surface area contributed by atoms with E-state index in [1.807, 2.05) is 25.1 Å². The Bertz CT molecular complexity index is 141. The molecule has 0 atom stereocenters. The Hall–Kier alpha value is -0.930. The summed E-state index contributed by atoms with van der Waals surface area (Å²) >= 11 is 0. The molecule has 0 spiro atoms. The van der Waals surface area contributed by atoms with Crippen molar-refractivity contribution < 1.29 is 10.5 Å². The first-order chi connectivity index (χ1) is 4.39. The van der Waals surface area contributed by atoms with Gasteiger partial charge in [0.1, 0.15) is 0 Å². The maximum atomic E-state index is 6.00. The summed E-state index contributed by atoms with van der Waals surface area (Å²) in [7, 11) is 0. The summed E-state index contributed by atoms with van der Waals surface area (Å²) in [5, 5.41) is 12.0. The lowest BCUT2D eigenvalue weighted by Crippen LogP contribution is -1.72. The van der Waals surface area contributed by atoms with E-state index in [2.05, 4.69) is 4.98 Å². The van der Waals surface area contributed by atoms with Crippen LogP contribution in [0.1, 0.15) is 5.69 Å². The minimum Gasteiger partial charge on any atom is -0.262 e. The maximum Gasteiger partial charge on any atom is 0.0372 e. The third-order valence-electron chi connectivity index (χ3n) is 0.813. The molecule has 9 heavy (non-hydrogen) atoms. The molecular weight excluding hydrogens is 118 g/mol. The largest absolute Gasteiger partial charge is 0.262 e. The Kier molecular flexibility index (Phi) is 4.67. The van der Waals surface area contributed by atoms with E-state index in [1.54, 1.807) is 6.20 Å². The zero-order chi connectivity index (χ0) is 7.11. The molecule has 0 aromatic carbocycles. The molecule has 0 amide bonds. The van der Waals surface area contributed by atoms with Crippen molar-refractivity contribution in [3.8, 4) is 0 Å². The Labute approximate surface area is 53.5 Å². The van der Waals surface area contributed by atoms with Crippen LogP contribution in [0, 0.1) is 6.92 Å². The van der Waals surface area contributed by atoms with Gasteiger partial charge in [0, 0.05) is 11.9 Å². The van der Waals surface area contributed by atoms with Crippen molar-refractivity contribution in [2.45, 2.75) is 6.92 Å². The van der Waals surface area contributed by atoms with Gasteiger partial charge in [-0.15, -0.1) is 0 Å². The summed E-state index contributed by atoms with van der Waals surface area (Å²) in [5.74, 6) is 0. The number of nitrogens with zero attached hydrogens (tertiary/aromatic N) is 1. The van der Waals surface area contributed by atoms with Gasteiger partial charge in [-0.25, -0.2) is 0 Å². The summed E-state index contributed by atoms with van der Waals surface area (Å²) in [4.78, 5) is 3.98. The molecule has 0 saturated heterocycles. The van der Waals surface area contributed by atoms with E-state index < -0.39 is 0 Å². The molecule has 1 aromatic heterocycles. The fourth-order valence-corrected chi connectivity index (χ4v) is 0.448. The van der Waals surface area contributed by atoms with Crippen molar-refractivity contribution in [2.24, 2.45) is 0 Å². The molecule has 0 aliphatic heterocycles. The van der Waals surface area contributed by atoms with Crippen LogP contribution < -0.4 is 0 Å². The highest BCUT2D eigenvalue weighted by atomic mass is 17.0. The van der Waals surface area contributed by atoms with Gasteiger partial charge in [0.15, 0.2) is 0 Å². The van der Waals surface area contributed by atoms with E-state index >= 15 is 0 Å². The van der Waals surface area contributed by atoms with Crippen molar-refractivity contribution >= 4 is 0 Å². The van der Waals surface area contributed by atoms with Crippen LogP contribution in [0.2, 0.25) is 0 Å². The van der Waals surface area contributed by atoms with Crippen molar-refractivity contribution in [1.29, 1.82) is 0 Å². The van der Waals surface area contributed by atoms with E-state index in [0.717, 1.165) is 5.69 Å². The van der Waals surface area contributed by atoms with Crippen LogP contribution >= 0.6 is 0 Å². The van der Waals surface area contributed by atoms with E-state index in [0.29, 0.717) is 0 Å². The number of rotatable bonds is 0. The highest BCUT2D eigenvalue weighted by Crippen LogP contribution is 1.85. The van der Waals surface area contributed by atoms with E-state index in [-0.39, 0.29) is 0 Å². The topological polar surface area (TPSA) is 53.4 Å². The van der Waals surface area contributed by atoms with Crippen LogP contribution in [-0.4, -0.2) is 15.5 Å². The van der Waals surface area contributed by atoms with Crippen LogP contribution in [0.15, 0.2) is 24.4 Å². The average Bonchev–Trinajstić information content (AvgIpc) is 1.94. The standard InChI is InChI=1S/C6H7N.H2O2/c1-6-4-2-3-5-7-6;1-2/h2-5H,1H3;1-2H. The molecule has 0 unspecified atom stereocenters. The fraction of sp³-hybridized carbons (Fsp3) is 0.167. The molecule has 50 valence electrons. The van der Waals surface area contributed by atoms with Gasteiger partial charge in [-0.2, -0.15) is 0 Å². The van der Waals surface area contributed by atoms with E-state index in [1.165, 1.54) is 0 Å². The molecule has 1 rings (SSSR count). The predicted octanol–water partition coefficient (Wildman–Crippen LogP) is 1.41. The summed E-state index contributed by atoms with van der Waals surface area (Å²) in [6.07, 6.45) is 1.79. The second-order valence-electron chi connectivity index (χ2n) is 1.47. The second-order valence-corrected chi connectivity index (χ2v) is 1.47. The minimum absolute atomic E-state index is 1.07. The number of aryl methyl sites for hydroxylation is 1. The smallest absolute Gasteiger partial charge is 0.0372 e. The van der Waals surface area contributed by atoms with Crippen molar-refractivity contribution in [3.05, 3.63) is 30.1 Å². The number of aromatic nitrogens is 1. The summed E-state index contributed by atoms with van der Waals surface area (Å²) in [5.41, 5.74) is 1.07. The minimum atomic E-state index is 1.07. The van der Waals surface area contributed by atoms with E-state index in [4.69, 9.17) is 10.5 Å². The van der Waals surface area contributed by atoms with Crippen molar-refractivity contribution in [3.63, 3.8) is 0 Å². The maximum absolute atomic E-state index is 6.00. The monoisotopic (exact) mass is 127 g/mol. The predicted molar refractivity (Wildman–Crippen MR) is 34.2 cm³/mol. The highest BCUT2D eigenvalue weighted by Gasteiger charge is 1.73. The Morgan fingerprint density at radius 2 is 2.00 bits per heavy atom. The van der Waals surface area contributed by atoms with Gasteiger partial charge in [0.05, 0.1) is 0 Å². The fourth-order valence-electron chi connectivity index (χ4n) is 0.448. The lowest BCUT2D eigenvalue weighted by atomic mass is 10.4. The molecule has 0 radical (unpaired) electrons. The first-order valence-corrected chi connectivity index (χ1v) is 2.47. The zero-order valence-corrected chi connectivity index (χ0v) is 5.15. The van der Waals surface area contributed by atoms with Crippen LogP contribution in [0.3, 0.4) is 0 Å². The third-order valence-corrected chi connectivity index (χ3v) is 0.813. The highest BCUT2D eigenvalue weighted by molar-refractivity contribution is 4.99. The SMILES string of the molecule is Cc1ccccn1.OO. The van der Waals surface area contributed by atoms with Gasteiger partial charge < -0.3 is 0 Å². The number of hydrogen-bond donors (Lipinski definition) is 2. The Balaban J connectivity index is 0.000000291. The van der Waals surface area contributed by atoms with E-state index in [9.17, 15) is 0 Å². The average molecular weight is 127 g/mol. The Morgan fingerprint density at radius 1 is 1.33 bits per heavy atom. The second kappa shape index (κ2) is 5.21. The van der Waals surface area contributed by atoms with Crippen LogP contribution in [0.25, 0.3) is 0 Å². The molecule has 0 fully saturated rings. The first kappa shape index (κ1) is 8.07. The van der Waals surface area contributed by atoms with Gasteiger partial charge in [-0.05, 0) is 19.1 Å².